The summed E-state index contributed by atoms with van der Waals surface area (Å²) in [5.41, 5.74) is 1.17. The zero-order chi connectivity index (χ0) is 17.2. The molecule has 1 aliphatic heterocycles. The minimum absolute atomic E-state index is 0.164. The Kier molecular flexibility index (Phi) is 4.73. The molecule has 2 N–H and O–H groups in total. The van der Waals surface area contributed by atoms with Gasteiger partial charge in [-0.2, -0.15) is 0 Å². The van der Waals surface area contributed by atoms with E-state index in [4.69, 9.17) is 9.84 Å². The third kappa shape index (κ3) is 4.09. The van der Waals surface area contributed by atoms with Gasteiger partial charge >= 0.3 is 11.9 Å². The Morgan fingerprint density at radius 2 is 2.04 bits per heavy atom. The van der Waals surface area contributed by atoms with Crippen molar-refractivity contribution in [3.63, 3.8) is 0 Å². The van der Waals surface area contributed by atoms with E-state index in [1.54, 1.807) is 12.1 Å². The van der Waals surface area contributed by atoms with Crippen molar-refractivity contribution in [3.05, 3.63) is 34.9 Å². The minimum Gasteiger partial charge on any atom is -0.481 e. The molecule has 6 heteroatoms. The summed E-state index contributed by atoms with van der Waals surface area (Å²) in [6, 6.07) is 4.38. The van der Waals surface area contributed by atoms with Crippen LogP contribution >= 0.6 is 0 Å². The van der Waals surface area contributed by atoms with Gasteiger partial charge in [0.2, 0.25) is 0 Å². The number of ether oxygens (including phenoxy) is 1. The molecule has 1 heterocycles. The molecule has 1 aliphatic rings. The maximum Gasteiger partial charge on any atom is 0.338 e. The van der Waals surface area contributed by atoms with Crippen LogP contribution in [0.2, 0.25) is 0 Å². The monoisotopic (exact) mass is 319 g/mol. The van der Waals surface area contributed by atoms with Crippen molar-refractivity contribution in [2.45, 2.75) is 39.7 Å². The molecule has 0 aromatic heterocycles. The second kappa shape index (κ2) is 6.40. The number of hydrogen-bond acceptors (Lipinski definition) is 4. The van der Waals surface area contributed by atoms with Gasteiger partial charge in [-0.25, -0.2) is 4.79 Å². The van der Waals surface area contributed by atoms with Crippen molar-refractivity contribution in [1.29, 1.82) is 0 Å². The van der Waals surface area contributed by atoms with Gasteiger partial charge in [-0.1, -0.05) is 26.8 Å². The minimum atomic E-state index is -0.973. The Morgan fingerprint density at radius 1 is 1.35 bits per heavy atom. The lowest BCUT2D eigenvalue weighted by Crippen LogP contribution is -2.45. The summed E-state index contributed by atoms with van der Waals surface area (Å²) in [7, 11) is 0. The van der Waals surface area contributed by atoms with E-state index in [0.717, 1.165) is 5.56 Å². The summed E-state index contributed by atoms with van der Waals surface area (Å²) < 4.78 is 4.98. The average Bonchev–Trinajstić information content (AvgIpc) is 2.45. The zero-order valence-electron chi connectivity index (χ0n) is 13.5. The number of fused-ring (bicyclic) bond motifs is 1. The fraction of sp³-hybridized carbons (Fsp3) is 0.471. The van der Waals surface area contributed by atoms with E-state index in [-0.39, 0.29) is 6.42 Å². The number of amides is 1. The lowest BCUT2D eigenvalue weighted by Gasteiger charge is -2.30. The number of benzene rings is 1. The quantitative estimate of drug-likeness (QED) is 0.828. The number of carboxylic acids is 1. The molecular formula is C17H21NO5. The van der Waals surface area contributed by atoms with Gasteiger partial charge in [0.1, 0.15) is 0 Å². The number of nitrogens with one attached hydrogen (secondary N) is 1. The molecule has 23 heavy (non-hydrogen) atoms. The summed E-state index contributed by atoms with van der Waals surface area (Å²) in [5, 5.41) is 11.8. The van der Waals surface area contributed by atoms with Gasteiger partial charge in [-0.3, -0.25) is 9.59 Å². The first-order valence-corrected chi connectivity index (χ1v) is 7.51. The molecule has 0 radical (unpaired) electrons. The molecule has 1 aromatic carbocycles. The van der Waals surface area contributed by atoms with Crippen LogP contribution in [0.15, 0.2) is 18.2 Å². The molecule has 1 amide bonds. The van der Waals surface area contributed by atoms with E-state index < -0.39 is 29.3 Å². The van der Waals surface area contributed by atoms with Gasteiger partial charge in [-0.15, -0.1) is 0 Å². The SMILES string of the molecule is CC(C)(C)[C@@H](CC(=O)O)NC(=O)c1ccc2c(c1)C(=O)OCC2. The van der Waals surface area contributed by atoms with Gasteiger partial charge in [-0.05, 0) is 23.1 Å². The summed E-state index contributed by atoms with van der Waals surface area (Å²) in [6.45, 7) is 5.95. The van der Waals surface area contributed by atoms with Crippen LogP contribution in [0.5, 0.6) is 0 Å². The highest BCUT2D eigenvalue weighted by atomic mass is 16.5. The molecule has 0 saturated carbocycles. The Morgan fingerprint density at radius 3 is 2.65 bits per heavy atom. The van der Waals surface area contributed by atoms with E-state index >= 15 is 0 Å². The summed E-state index contributed by atoms with van der Waals surface area (Å²) >= 11 is 0. The first kappa shape index (κ1) is 17.0. The number of hydrogen-bond donors (Lipinski definition) is 2. The third-order valence-electron chi connectivity index (χ3n) is 3.93. The van der Waals surface area contributed by atoms with E-state index in [2.05, 4.69) is 5.32 Å². The normalized spacial score (nSPS) is 15.3. The van der Waals surface area contributed by atoms with Crippen molar-refractivity contribution >= 4 is 17.8 Å². The second-order valence-corrected chi connectivity index (χ2v) is 6.75. The molecule has 1 aromatic rings. The van der Waals surface area contributed by atoms with Gasteiger partial charge in [0, 0.05) is 18.0 Å². The highest BCUT2D eigenvalue weighted by Gasteiger charge is 2.29. The van der Waals surface area contributed by atoms with Crippen LogP contribution in [-0.4, -0.2) is 35.6 Å². The van der Waals surface area contributed by atoms with Crippen LogP contribution < -0.4 is 5.32 Å². The fourth-order valence-electron chi connectivity index (χ4n) is 2.45. The van der Waals surface area contributed by atoms with Crippen LogP contribution in [0.3, 0.4) is 0 Å². The molecule has 0 fully saturated rings. The standard InChI is InChI=1S/C17H21NO5/c1-17(2,3)13(9-14(19)20)18-15(21)11-5-4-10-6-7-23-16(22)12(10)8-11/h4-5,8,13H,6-7,9H2,1-3H3,(H,18,21)(H,19,20)/t13-/m1/s1. The Hall–Kier alpha value is -2.37. The molecule has 0 saturated heterocycles. The van der Waals surface area contributed by atoms with Gasteiger partial charge in [0.15, 0.2) is 0 Å². The van der Waals surface area contributed by atoms with Crippen LogP contribution in [0.1, 0.15) is 53.5 Å². The number of carboxylic acid groups (broad SMARTS) is 1. The lowest BCUT2D eigenvalue weighted by atomic mass is 9.84. The number of rotatable bonds is 4. The van der Waals surface area contributed by atoms with E-state index in [1.165, 1.54) is 6.07 Å². The molecule has 0 spiro atoms. The van der Waals surface area contributed by atoms with Crippen molar-refractivity contribution < 1.29 is 24.2 Å². The molecule has 0 aliphatic carbocycles. The third-order valence-corrected chi connectivity index (χ3v) is 3.93. The molecule has 1 atom stereocenters. The number of aliphatic carboxylic acids is 1. The number of carbonyl (C=O) groups excluding carboxylic acids is 2. The maximum atomic E-state index is 12.4. The fourth-order valence-corrected chi connectivity index (χ4v) is 2.45. The highest BCUT2D eigenvalue weighted by Crippen LogP contribution is 2.23. The van der Waals surface area contributed by atoms with Crippen LogP contribution in [-0.2, 0) is 16.0 Å². The molecule has 2 rings (SSSR count). The van der Waals surface area contributed by atoms with Crippen molar-refractivity contribution in [3.8, 4) is 0 Å². The number of cyclic esters (lactones) is 1. The summed E-state index contributed by atoms with van der Waals surface area (Å²) in [4.78, 5) is 35.2. The van der Waals surface area contributed by atoms with E-state index in [9.17, 15) is 14.4 Å². The average molecular weight is 319 g/mol. The van der Waals surface area contributed by atoms with E-state index in [0.29, 0.717) is 24.2 Å². The van der Waals surface area contributed by atoms with Gasteiger partial charge < -0.3 is 15.2 Å². The Bertz CT molecular complexity index is 645. The smallest absolute Gasteiger partial charge is 0.338 e. The van der Waals surface area contributed by atoms with Gasteiger partial charge in [0.25, 0.3) is 5.91 Å². The Labute approximate surface area is 134 Å². The molecule has 124 valence electrons. The van der Waals surface area contributed by atoms with Crippen LogP contribution in [0, 0.1) is 5.41 Å². The van der Waals surface area contributed by atoms with Crippen molar-refractivity contribution in [2.24, 2.45) is 5.41 Å². The first-order chi connectivity index (χ1) is 10.7. The summed E-state index contributed by atoms with van der Waals surface area (Å²) in [6.07, 6.45) is 0.467. The molecular weight excluding hydrogens is 298 g/mol. The number of esters is 1. The maximum absolute atomic E-state index is 12.4. The molecule has 0 unspecified atom stereocenters. The Balaban J connectivity index is 2.21. The van der Waals surface area contributed by atoms with E-state index in [1.807, 2.05) is 20.8 Å². The second-order valence-electron chi connectivity index (χ2n) is 6.75. The largest absolute Gasteiger partial charge is 0.481 e. The van der Waals surface area contributed by atoms with Gasteiger partial charge in [0.05, 0.1) is 18.6 Å². The molecule has 6 nitrogen and oxygen atoms in total. The zero-order valence-corrected chi connectivity index (χ0v) is 13.5. The van der Waals surface area contributed by atoms with Crippen molar-refractivity contribution in [2.75, 3.05) is 6.61 Å². The van der Waals surface area contributed by atoms with Crippen LogP contribution in [0.4, 0.5) is 0 Å². The highest BCUT2D eigenvalue weighted by molar-refractivity contribution is 5.99. The molecule has 0 bridgehead atoms. The van der Waals surface area contributed by atoms with Crippen molar-refractivity contribution in [1.82, 2.24) is 5.32 Å². The predicted molar refractivity (Wildman–Crippen MR) is 83.4 cm³/mol. The topological polar surface area (TPSA) is 92.7 Å². The summed E-state index contributed by atoms with van der Waals surface area (Å²) in [5.74, 6) is -1.80. The lowest BCUT2D eigenvalue weighted by molar-refractivity contribution is -0.138. The predicted octanol–water partition coefficient (Wildman–Crippen LogP) is 2.02. The van der Waals surface area contributed by atoms with Crippen LogP contribution in [0.25, 0.3) is 0 Å². The first-order valence-electron chi connectivity index (χ1n) is 7.51. The number of carbonyl (C=O) groups is 3.